The van der Waals surface area contributed by atoms with Crippen molar-refractivity contribution in [2.75, 3.05) is 32.8 Å². The molecular weight excluding hydrogens is 521 g/mol. The molecule has 1 spiro atoms. The number of rotatable bonds is 5. The zero-order chi connectivity index (χ0) is 28.8. The first-order chi connectivity index (χ1) is 19.1. The molecule has 2 aliphatic rings. The maximum absolute atomic E-state index is 13.2. The lowest BCUT2D eigenvalue weighted by Gasteiger charge is -2.47. The molecule has 6 nitrogen and oxygen atoms in total. The number of fused-ring (bicyclic) bond motifs is 1. The predicted octanol–water partition coefficient (Wildman–Crippen LogP) is 6.39. The first kappa shape index (κ1) is 29.4. The van der Waals surface area contributed by atoms with Crippen LogP contribution < -0.4 is 4.74 Å². The van der Waals surface area contributed by atoms with Gasteiger partial charge in [-0.3, -0.25) is 9.69 Å². The highest BCUT2D eigenvalue weighted by Gasteiger charge is 2.39. The van der Waals surface area contributed by atoms with E-state index in [1.165, 1.54) is 23.8 Å². The molecule has 2 aliphatic heterocycles. The standard InChI is InChI=1S/C29H34N2O2.C2HF3O2/c1-2-33-27-10-6-5-9-26(27)22-30-17-13-29(14-18-30)15-19-31(20-16-29)28(32)25-12-11-23-7-3-4-8-24(23)21-25;3-2(4,5)1(6)7/h3-12,21H,2,13-20,22H2,1H3;(H,6,7). The highest BCUT2D eigenvalue weighted by molar-refractivity contribution is 5.98. The Hall–Kier alpha value is -3.59. The van der Waals surface area contributed by atoms with Crippen molar-refractivity contribution in [1.82, 2.24) is 9.80 Å². The van der Waals surface area contributed by atoms with Crippen molar-refractivity contribution in [3.63, 3.8) is 0 Å². The van der Waals surface area contributed by atoms with Gasteiger partial charge < -0.3 is 14.7 Å². The molecule has 214 valence electrons. The van der Waals surface area contributed by atoms with E-state index < -0.39 is 12.1 Å². The number of carboxylic acid groups (broad SMARTS) is 1. The molecule has 2 fully saturated rings. The number of carbonyl (C=O) groups excluding carboxylic acids is 1. The summed E-state index contributed by atoms with van der Waals surface area (Å²) >= 11 is 0. The monoisotopic (exact) mass is 556 g/mol. The predicted molar refractivity (Wildman–Crippen MR) is 147 cm³/mol. The van der Waals surface area contributed by atoms with Crippen LogP contribution in [0.1, 0.15) is 48.5 Å². The van der Waals surface area contributed by atoms with Gasteiger partial charge in [-0.1, -0.05) is 48.5 Å². The summed E-state index contributed by atoms with van der Waals surface area (Å²) in [7, 11) is 0. The minimum absolute atomic E-state index is 0.181. The average Bonchev–Trinajstić information content (AvgIpc) is 2.95. The van der Waals surface area contributed by atoms with Crippen molar-refractivity contribution in [3.05, 3.63) is 77.9 Å². The second-order valence-corrected chi connectivity index (χ2v) is 10.5. The van der Waals surface area contributed by atoms with Gasteiger partial charge in [0.05, 0.1) is 6.61 Å². The first-order valence-corrected chi connectivity index (χ1v) is 13.6. The Bertz CT molecular complexity index is 1310. The average molecular weight is 557 g/mol. The lowest BCUT2D eigenvalue weighted by molar-refractivity contribution is -0.192. The van der Waals surface area contributed by atoms with Crippen molar-refractivity contribution in [2.24, 2.45) is 5.41 Å². The van der Waals surface area contributed by atoms with Crippen molar-refractivity contribution in [2.45, 2.75) is 45.3 Å². The smallest absolute Gasteiger partial charge is 0.490 e. The summed E-state index contributed by atoms with van der Waals surface area (Å²) in [5, 5.41) is 9.44. The van der Waals surface area contributed by atoms with Crippen LogP contribution >= 0.6 is 0 Å². The topological polar surface area (TPSA) is 70.1 Å². The molecule has 1 amide bonds. The molecule has 0 saturated carbocycles. The van der Waals surface area contributed by atoms with Crippen LogP contribution in [0.3, 0.4) is 0 Å². The van der Waals surface area contributed by atoms with Gasteiger partial charge in [0.25, 0.3) is 5.91 Å². The van der Waals surface area contributed by atoms with E-state index in [0.717, 1.165) is 62.3 Å². The second kappa shape index (κ2) is 12.7. The Morgan fingerprint density at radius 1 is 0.875 bits per heavy atom. The van der Waals surface area contributed by atoms with Crippen LogP contribution in [0.2, 0.25) is 0 Å². The second-order valence-electron chi connectivity index (χ2n) is 10.5. The number of nitrogens with zero attached hydrogens (tertiary/aromatic N) is 2. The van der Waals surface area contributed by atoms with Crippen LogP contribution in [0, 0.1) is 5.41 Å². The summed E-state index contributed by atoms with van der Waals surface area (Å²) in [5.74, 6) is -1.56. The molecule has 3 aromatic rings. The summed E-state index contributed by atoms with van der Waals surface area (Å²) < 4.78 is 37.6. The molecule has 2 saturated heterocycles. The van der Waals surface area contributed by atoms with Gasteiger partial charge in [0, 0.05) is 30.8 Å². The van der Waals surface area contributed by atoms with Gasteiger partial charge in [-0.15, -0.1) is 0 Å². The van der Waals surface area contributed by atoms with E-state index in [1.54, 1.807) is 0 Å². The summed E-state index contributed by atoms with van der Waals surface area (Å²) in [6.07, 6.45) is -0.394. The lowest BCUT2D eigenvalue weighted by atomic mass is 9.71. The van der Waals surface area contributed by atoms with Crippen molar-refractivity contribution in [3.8, 4) is 5.75 Å². The lowest BCUT2D eigenvalue weighted by Crippen LogP contribution is -2.48. The Morgan fingerprint density at radius 3 is 2.08 bits per heavy atom. The maximum Gasteiger partial charge on any atom is 0.490 e. The van der Waals surface area contributed by atoms with Gasteiger partial charge in [0.2, 0.25) is 0 Å². The largest absolute Gasteiger partial charge is 0.494 e. The highest BCUT2D eigenvalue weighted by Crippen LogP contribution is 2.42. The normalized spacial score (nSPS) is 17.2. The van der Waals surface area contributed by atoms with Crippen LogP contribution in [0.5, 0.6) is 5.75 Å². The zero-order valence-corrected chi connectivity index (χ0v) is 22.6. The number of amides is 1. The third-order valence-corrected chi connectivity index (χ3v) is 7.93. The fourth-order valence-electron chi connectivity index (χ4n) is 5.55. The Balaban J connectivity index is 0.000000470. The molecule has 0 aliphatic carbocycles. The van der Waals surface area contributed by atoms with Gasteiger partial charge in [-0.05, 0) is 80.1 Å². The third-order valence-electron chi connectivity index (χ3n) is 7.93. The van der Waals surface area contributed by atoms with E-state index in [-0.39, 0.29) is 5.91 Å². The summed E-state index contributed by atoms with van der Waals surface area (Å²) in [6, 6.07) is 22.7. The fraction of sp³-hybridized carbons (Fsp3) is 0.419. The van der Waals surface area contributed by atoms with Gasteiger partial charge >= 0.3 is 12.1 Å². The van der Waals surface area contributed by atoms with Crippen LogP contribution in [-0.4, -0.2) is 65.7 Å². The van der Waals surface area contributed by atoms with Crippen LogP contribution in [0.4, 0.5) is 13.2 Å². The molecule has 0 atom stereocenters. The number of hydrogen-bond acceptors (Lipinski definition) is 4. The molecule has 1 N–H and O–H groups in total. The van der Waals surface area contributed by atoms with Crippen LogP contribution in [0.15, 0.2) is 66.7 Å². The van der Waals surface area contributed by atoms with E-state index >= 15 is 0 Å². The molecule has 0 unspecified atom stereocenters. The minimum Gasteiger partial charge on any atom is -0.494 e. The summed E-state index contributed by atoms with van der Waals surface area (Å²) in [4.78, 5) is 26.7. The number of hydrogen-bond donors (Lipinski definition) is 1. The van der Waals surface area contributed by atoms with Gasteiger partial charge in [-0.25, -0.2) is 4.79 Å². The number of piperidine rings is 2. The molecule has 9 heteroatoms. The zero-order valence-electron chi connectivity index (χ0n) is 22.6. The number of carbonyl (C=O) groups is 2. The van der Waals surface area contributed by atoms with E-state index in [1.807, 2.05) is 37.3 Å². The van der Waals surface area contributed by atoms with Gasteiger partial charge in [0.15, 0.2) is 0 Å². The third kappa shape index (κ3) is 7.33. The first-order valence-electron chi connectivity index (χ1n) is 13.6. The van der Waals surface area contributed by atoms with Crippen LogP contribution in [0.25, 0.3) is 10.8 Å². The molecule has 2 heterocycles. The Kier molecular flexibility index (Phi) is 9.35. The van der Waals surface area contributed by atoms with Gasteiger partial charge in [-0.2, -0.15) is 13.2 Å². The number of benzene rings is 3. The van der Waals surface area contributed by atoms with Crippen molar-refractivity contribution >= 4 is 22.6 Å². The van der Waals surface area contributed by atoms with E-state index in [2.05, 4.69) is 46.2 Å². The highest BCUT2D eigenvalue weighted by atomic mass is 19.4. The molecule has 0 radical (unpaired) electrons. The SMILES string of the molecule is CCOc1ccccc1CN1CCC2(CC1)CCN(C(=O)c1ccc3ccccc3c1)CC2.O=C(O)C(F)(F)F. The minimum atomic E-state index is -5.08. The van der Waals surface area contributed by atoms with E-state index in [4.69, 9.17) is 14.6 Å². The quantitative estimate of drug-likeness (QED) is 0.394. The molecule has 0 bridgehead atoms. The number of alkyl halides is 3. The molecule has 3 aromatic carbocycles. The summed E-state index contributed by atoms with van der Waals surface area (Å²) in [5.41, 5.74) is 2.49. The van der Waals surface area contributed by atoms with Gasteiger partial charge in [0.1, 0.15) is 5.75 Å². The number of halogens is 3. The number of ether oxygens (including phenoxy) is 1. The summed E-state index contributed by atoms with van der Waals surface area (Å²) in [6.45, 7) is 7.70. The van der Waals surface area contributed by atoms with Crippen molar-refractivity contribution < 1.29 is 32.6 Å². The molecule has 0 aromatic heterocycles. The number of para-hydroxylation sites is 1. The Morgan fingerprint density at radius 2 is 1.45 bits per heavy atom. The number of likely N-dealkylation sites (tertiary alicyclic amines) is 2. The Labute approximate surface area is 232 Å². The number of carboxylic acids is 1. The fourth-order valence-corrected chi connectivity index (χ4v) is 5.55. The van der Waals surface area contributed by atoms with Crippen LogP contribution in [-0.2, 0) is 11.3 Å². The molecule has 5 rings (SSSR count). The van der Waals surface area contributed by atoms with Crippen molar-refractivity contribution in [1.29, 1.82) is 0 Å². The van der Waals surface area contributed by atoms with E-state index in [9.17, 15) is 18.0 Å². The molecule has 40 heavy (non-hydrogen) atoms. The molecular formula is C31H35F3N2O4. The maximum atomic E-state index is 13.2. The number of aliphatic carboxylic acids is 1. The van der Waals surface area contributed by atoms with E-state index in [0.29, 0.717) is 12.0 Å².